The maximum atomic E-state index is 12.2. The van der Waals surface area contributed by atoms with Crippen molar-refractivity contribution in [3.8, 4) is 0 Å². The van der Waals surface area contributed by atoms with Crippen LogP contribution >= 0.6 is 11.6 Å². The molecule has 1 N–H and O–H groups in total. The molecule has 1 aliphatic heterocycles. The highest BCUT2D eigenvalue weighted by atomic mass is 35.5. The van der Waals surface area contributed by atoms with Gasteiger partial charge in [0.2, 0.25) is 5.91 Å². The molecule has 26 heavy (non-hydrogen) atoms. The van der Waals surface area contributed by atoms with Gasteiger partial charge < -0.3 is 19.9 Å². The van der Waals surface area contributed by atoms with Crippen LogP contribution < -0.4 is 10.2 Å². The van der Waals surface area contributed by atoms with Crippen molar-refractivity contribution < 1.29 is 19.1 Å². The summed E-state index contributed by atoms with van der Waals surface area (Å²) in [6.45, 7) is 7.20. The van der Waals surface area contributed by atoms with Crippen molar-refractivity contribution in [2.75, 3.05) is 37.6 Å². The lowest BCUT2D eigenvalue weighted by Gasteiger charge is -2.36. The summed E-state index contributed by atoms with van der Waals surface area (Å²) in [6.07, 6.45) is 0. The molecular weight excluding hydrogens is 358 g/mol. The second-order valence-corrected chi connectivity index (χ2v) is 7.47. The lowest BCUT2D eigenvalue weighted by molar-refractivity contribution is -0.163. The third-order valence-corrected chi connectivity index (χ3v) is 4.03. The summed E-state index contributed by atoms with van der Waals surface area (Å²) in [5, 5.41) is 2.99. The Morgan fingerprint density at radius 1 is 1.15 bits per heavy atom. The van der Waals surface area contributed by atoms with Crippen molar-refractivity contribution in [2.45, 2.75) is 26.4 Å². The van der Waals surface area contributed by atoms with Gasteiger partial charge >= 0.3 is 11.9 Å². The second kappa shape index (κ2) is 8.40. The van der Waals surface area contributed by atoms with Gasteiger partial charge in [-0.1, -0.05) is 17.7 Å². The number of rotatable bonds is 3. The van der Waals surface area contributed by atoms with Crippen molar-refractivity contribution >= 4 is 35.1 Å². The molecule has 1 saturated heterocycles. The average molecular weight is 382 g/mol. The molecule has 0 radical (unpaired) electrons. The van der Waals surface area contributed by atoms with E-state index < -0.39 is 17.5 Å². The summed E-state index contributed by atoms with van der Waals surface area (Å²) < 4.78 is 4.96. The molecule has 8 heteroatoms. The van der Waals surface area contributed by atoms with Crippen LogP contribution in [0.4, 0.5) is 5.69 Å². The largest absolute Gasteiger partial charge is 0.453 e. The molecule has 1 aromatic rings. The van der Waals surface area contributed by atoms with Gasteiger partial charge in [0.05, 0.1) is 6.54 Å². The van der Waals surface area contributed by atoms with Crippen molar-refractivity contribution in [3.05, 3.63) is 29.3 Å². The van der Waals surface area contributed by atoms with Crippen LogP contribution in [0.25, 0.3) is 0 Å². The minimum Gasteiger partial charge on any atom is -0.453 e. The number of benzene rings is 1. The number of anilines is 1. The van der Waals surface area contributed by atoms with Gasteiger partial charge in [-0.15, -0.1) is 0 Å². The van der Waals surface area contributed by atoms with Gasteiger partial charge in [0, 0.05) is 36.9 Å². The molecule has 0 unspecified atom stereocenters. The molecule has 0 bridgehead atoms. The van der Waals surface area contributed by atoms with Crippen LogP contribution in [0.5, 0.6) is 0 Å². The van der Waals surface area contributed by atoms with Crippen LogP contribution in [0.1, 0.15) is 20.8 Å². The number of hydrogen-bond acceptors (Lipinski definition) is 5. The standard InChI is InChI=1S/C18H24ClN3O4/c1-18(2,3)26-17(25)16(24)20-12-15(23)22-9-7-21(8-10-22)14-6-4-5-13(19)11-14/h4-6,11H,7-10,12H2,1-3H3,(H,20,24). The number of piperazine rings is 1. The van der Waals surface area contributed by atoms with E-state index in [-0.39, 0.29) is 12.5 Å². The quantitative estimate of drug-likeness (QED) is 0.633. The molecule has 0 atom stereocenters. The number of hydrogen-bond donors (Lipinski definition) is 1. The van der Waals surface area contributed by atoms with Crippen molar-refractivity contribution in [3.63, 3.8) is 0 Å². The number of carbonyl (C=O) groups excluding carboxylic acids is 3. The first-order valence-electron chi connectivity index (χ1n) is 8.45. The van der Waals surface area contributed by atoms with E-state index in [0.29, 0.717) is 31.2 Å². The highest BCUT2D eigenvalue weighted by molar-refractivity contribution is 6.32. The van der Waals surface area contributed by atoms with E-state index >= 15 is 0 Å². The Hall–Kier alpha value is -2.28. The van der Waals surface area contributed by atoms with E-state index in [0.717, 1.165) is 5.69 Å². The first kappa shape index (κ1) is 20.0. The first-order valence-corrected chi connectivity index (χ1v) is 8.83. The van der Waals surface area contributed by atoms with E-state index in [9.17, 15) is 14.4 Å². The summed E-state index contributed by atoms with van der Waals surface area (Å²) in [5.74, 6) is -2.13. The monoisotopic (exact) mass is 381 g/mol. The van der Waals surface area contributed by atoms with Crippen LogP contribution in [0, 0.1) is 0 Å². The zero-order valence-corrected chi connectivity index (χ0v) is 16.0. The van der Waals surface area contributed by atoms with Gasteiger partial charge in [0.25, 0.3) is 0 Å². The lowest BCUT2D eigenvalue weighted by Crippen LogP contribution is -2.51. The van der Waals surface area contributed by atoms with E-state index in [1.54, 1.807) is 25.7 Å². The average Bonchev–Trinajstić information content (AvgIpc) is 2.58. The summed E-state index contributed by atoms with van der Waals surface area (Å²) >= 11 is 6.01. The molecule has 2 amide bonds. The number of nitrogens with zero attached hydrogens (tertiary/aromatic N) is 2. The minimum absolute atomic E-state index is 0.227. The van der Waals surface area contributed by atoms with Gasteiger partial charge in [-0.25, -0.2) is 4.79 Å². The minimum atomic E-state index is -0.990. The molecule has 1 heterocycles. The predicted octanol–water partition coefficient (Wildman–Crippen LogP) is 1.45. The molecule has 142 valence electrons. The molecule has 7 nitrogen and oxygen atoms in total. The van der Waals surface area contributed by atoms with Crippen LogP contribution in [-0.4, -0.2) is 61.0 Å². The highest BCUT2D eigenvalue weighted by Crippen LogP contribution is 2.20. The molecular formula is C18H24ClN3O4. The normalized spacial score (nSPS) is 14.8. The Morgan fingerprint density at radius 2 is 1.81 bits per heavy atom. The maximum Gasteiger partial charge on any atom is 0.397 e. The van der Waals surface area contributed by atoms with Crippen molar-refractivity contribution in [1.29, 1.82) is 0 Å². The Kier molecular flexibility index (Phi) is 6.47. The first-order chi connectivity index (χ1) is 12.2. The Labute approximate surface area is 158 Å². The Morgan fingerprint density at radius 3 is 2.38 bits per heavy atom. The van der Waals surface area contributed by atoms with E-state index in [2.05, 4.69) is 10.2 Å². The van der Waals surface area contributed by atoms with Gasteiger partial charge in [-0.2, -0.15) is 0 Å². The third kappa shape index (κ3) is 5.91. The zero-order chi connectivity index (χ0) is 19.3. The van der Waals surface area contributed by atoms with E-state index in [4.69, 9.17) is 16.3 Å². The fourth-order valence-corrected chi connectivity index (χ4v) is 2.74. The van der Waals surface area contributed by atoms with Crippen LogP contribution in [0.3, 0.4) is 0 Å². The summed E-state index contributed by atoms with van der Waals surface area (Å²) in [6, 6.07) is 7.57. The smallest absolute Gasteiger partial charge is 0.397 e. The SMILES string of the molecule is CC(C)(C)OC(=O)C(=O)NCC(=O)N1CCN(c2cccc(Cl)c2)CC1. The van der Waals surface area contributed by atoms with E-state index in [1.165, 1.54) is 0 Å². The molecule has 0 saturated carbocycles. The molecule has 2 rings (SSSR count). The summed E-state index contributed by atoms with van der Waals surface area (Å²) in [4.78, 5) is 39.3. The number of amides is 2. The number of halogens is 1. The fraction of sp³-hybridized carbons (Fsp3) is 0.500. The summed E-state index contributed by atoms with van der Waals surface area (Å²) in [5.41, 5.74) is 0.262. The van der Waals surface area contributed by atoms with E-state index in [1.807, 2.05) is 24.3 Å². The number of carbonyl (C=O) groups is 3. The molecule has 1 aromatic carbocycles. The zero-order valence-electron chi connectivity index (χ0n) is 15.3. The Balaban J connectivity index is 1.78. The van der Waals surface area contributed by atoms with Crippen LogP contribution in [0.2, 0.25) is 5.02 Å². The number of nitrogens with one attached hydrogen (secondary N) is 1. The van der Waals surface area contributed by atoms with Gasteiger partial charge in [-0.3, -0.25) is 9.59 Å². The summed E-state index contributed by atoms with van der Waals surface area (Å²) in [7, 11) is 0. The number of esters is 1. The lowest BCUT2D eigenvalue weighted by atomic mass is 10.2. The Bertz CT molecular complexity index is 679. The fourth-order valence-electron chi connectivity index (χ4n) is 2.55. The molecule has 0 aliphatic carbocycles. The van der Waals surface area contributed by atoms with Crippen molar-refractivity contribution in [2.24, 2.45) is 0 Å². The maximum absolute atomic E-state index is 12.2. The number of ether oxygens (including phenoxy) is 1. The third-order valence-electron chi connectivity index (χ3n) is 3.79. The predicted molar refractivity (Wildman–Crippen MR) is 99.1 cm³/mol. The molecule has 1 fully saturated rings. The van der Waals surface area contributed by atoms with Gasteiger partial charge in [0.15, 0.2) is 0 Å². The van der Waals surface area contributed by atoms with Crippen LogP contribution in [0.15, 0.2) is 24.3 Å². The van der Waals surface area contributed by atoms with Crippen molar-refractivity contribution in [1.82, 2.24) is 10.2 Å². The highest BCUT2D eigenvalue weighted by Gasteiger charge is 2.25. The van der Waals surface area contributed by atoms with Gasteiger partial charge in [-0.05, 0) is 39.0 Å². The topological polar surface area (TPSA) is 78.9 Å². The molecule has 0 aromatic heterocycles. The molecule has 1 aliphatic rings. The molecule has 0 spiro atoms. The van der Waals surface area contributed by atoms with Gasteiger partial charge in [0.1, 0.15) is 5.60 Å². The second-order valence-electron chi connectivity index (χ2n) is 7.03. The van der Waals surface area contributed by atoms with Crippen LogP contribution in [-0.2, 0) is 19.1 Å².